The number of halogens is 1. The molecule has 0 aliphatic carbocycles. The fraction of sp³-hybridized carbons (Fsp3) is 0.632. The Hall–Kier alpha value is -1.07. The lowest BCUT2D eigenvalue weighted by Gasteiger charge is -2.26. The predicted octanol–water partition coefficient (Wildman–Crippen LogP) is 1.83. The summed E-state index contributed by atoms with van der Waals surface area (Å²) in [4.78, 5) is 8.97. The van der Waals surface area contributed by atoms with E-state index in [0.29, 0.717) is 26.2 Å². The molecule has 0 saturated carbocycles. The fourth-order valence-electron chi connectivity index (χ4n) is 2.95. The van der Waals surface area contributed by atoms with Crippen molar-refractivity contribution >= 4 is 39.8 Å². The lowest BCUT2D eigenvalue weighted by molar-refractivity contribution is 0.303. The zero-order valence-electron chi connectivity index (χ0n) is 17.1. The van der Waals surface area contributed by atoms with E-state index in [1.807, 2.05) is 26.1 Å². The smallest absolute Gasteiger partial charge is 0.194 e. The highest BCUT2D eigenvalue weighted by molar-refractivity contribution is 14.0. The highest BCUT2D eigenvalue weighted by Gasteiger charge is 2.20. The molecule has 0 aromatic heterocycles. The third-order valence-electron chi connectivity index (χ3n) is 4.47. The standard InChI is InChI=1S/C19H32N4O3S.HI/c1-4-20-19(21-10-11-23-12-14-27(24,25)15-13-23)22(3)16-17-6-8-18(9-7-17)26-5-2;/h6-9H,4-5,10-16H2,1-3H3,(H,20,21);1H. The van der Waals surface area contributed by atoms with Crippen molar-refractivity contribution in [1.82, 2.24) is 15.1 Å². The predicted molar refractivity (Wildman–Crippen MR) is 126 cm³/mol. The summed E-state index contributed by atoms with van der Waals surface area (Å²) in [7, 11) is -0.808. The Morgan fingerprint density at radius 2 is 1.86 bits per heavy atom. The van der Waals surface area contributed by atoms with Crippen LogP contribution in [0.4, 0.5) is 0 Å². The third-order valence-corrected chi connectivity index (χ3v) is 6.07. The third kappa shape index (κ3) is 8.52. The zero-order chi connectivity index (χ0) is 19.7. The SMILES string of the molecule is CCNC(=NCCN1CCS(=O)(=O)CC1)N(C)Cc1ccc(OCC)cc1.I. The molecule has 1 aromatic rings. The molecule has 9 heteroatoms. The summed E-state index contributed by atoms with van der Waals surface area (Å²) in [6, 6.07) is 8.11. The first kappa shape index (κ1) is 25.0. The number of hydrogen-bond acceptors (Lipinski definition) is 5. The van der Waals surface area contributed by atoms with E-state index in [0.717, 1.165) is 31.3 Å². The summed E-state index contributed by atoms with van der Waals surface area (Å²) in [6.07, 6.45) is 0. The lowest BCUT2D eigenvalue weighted by Crippen LogP contribution is -2.42. The number of aliphatic imine (C=N–C) groups is 1. The van der Waals surface area contributed by atoms with Crippen LogP contribution in [0.5, 0.6) is 5.75 Å². The van der Waals surface area contributed by atoms with Crippen molar-refractivity contribution in [3.63, 3.8) is 0 Å². The normalized spacial score (nSPS) is 16.9. The van der Waals surface area contributed by atoms with E-state index in [4.69, 9.17) is 9.73 Å². The van der Waals surface area contributed by atoms with E-state index < -0.39 is 9.84 Å². The number of nitrogens with one attached hydrogen (secondary N) is 1. The first-order valence-electron chi connectivity index (χ1n) is 9.57. The van der Waals surface area contributed by atoms with Crippen LogP contribution in [0, 0.1) is 0 Å². The van der Waals surface area contributed by atoms with E-state index in [1.54, 1.807) is 0 Å². The summed E-state index contributed by atoms with van der Waals surface area (Å²) in [5.74, 6) is 2.26. The van der Waals surface area contributed by atoms with Crippen molar-refractivity contribution in [3.8, 4) is 5.75 Å². The highest BCUT2D eigenvalue weighted by Crippen LogP contribution is 2.13. The molecule has 0 amide bonds. The van der Waals surface area contributed by atoms with Gasteiger partial charge in [0.1, 0.15) is 5.75 Å². The molecule has 0 spiro atoms. The molecule has 28 heavy (non-hydrogen) atoms. The van der Waals surface area contributed by atoms with Crippen LogP contribution >= 0.6 is 24.0 Å². The number of sulfone groups is 1. The summed E-state index contributed by atoms with van der Waals surface area (Å²) < 4.78 is 28.5. The number of benzene rings is 1. The molecule has 0 unspecified atom stereocenters. The highest BCUT2D eigenvalue weighted by atomic mass is 127. The van der Waals surface area contributed by atoms with E-state index in [-0.39, 0.29) is 35.5 Å². The average Bonchev–Trinajstić information content (AvgIpc) is 2.64. The molecule has 1 saturated heterocycles. The number of ether oxygens (including phenoxy) is 1. The maximum Gasteiger partial charge on any atom is 0.194 e. The lowest BCUT2D eigenvalue weighted by atomic mass is 10.2. The maximum atomic E-state index is 11.5. The van der Waals surface area contributed by atoms with Gasteiger partial charge < -0.3 is 15.0 Å². The number of rotatable bonds is 8. The number of hydrogen-bond donors (Lipinski definition) is 1. The maximum absolute atomic E-state index is 11.5. The Bertz CT molecular complexity index is 696. The Labute approximate surface area is 186 Å². The van der Waals surface area contributed by atoms with Crippen molar-refractivity contribution in [1.29, 1.82) is 0 Å². The van der Waals surface area contributed by atoms with Gasteiger partial charge in [0.05, 0.1) is 24.7 Å². The zero-order valence-corrected chi connectivity index (χ0v) is 20.2. The molecular formula is C19H33IN4O3S. The van der Waals surface area contributed by atoms with Crippen LogP contribution < -0.4 is 10.1 Å². The second-order valence-corrected chi connectivity index (χ2v) is 8.97. The molecule has 0 atom stereocenters. The summed E-state index contributed by atoms with van der Waals surface area (Å²) in [6.45, 7) is 8.89. The van der Waals surface area contributed by atoms with E-state index in [1.165, 1.54) is 5.56 Å². The van der Waals surface area contributed by atoms with Crippen LogP contribution in [0.3, 0.4) is 0 Å². The molecule has 1 aromatic carbocycles. The number of nitrogens with zero attached hydrogens (tertiary/aromatic N) is 3. The van der Waals surface area contributed by atoms with E-state index in [2.05, 4.69) is 34.2 Å². The van der Waals surface area contributed by atoms with E-state index >= 15 is 0 Å². The minimum absolute atomic E-state index is 0. The molecule has 1 fully saturated rings. The fourth-order valence-corrected chi connectivity index (χ4v) is 4.22. The minimum atomic E-state index is -2.83. The Morgan fingerprint density at radius 3 is 2.43 bits per heavy atom. The molecule has 2 rings (SSSR count). The topological polar surface area (TPSA) is 74.2 Å². The van der Waals surface area contributed by atoms with Crippen molar-refractivity contribution in [2.75, 3.05) is 57.9 Å². The Balaban J connectivity index is 0.00000392. The number of guanidine groups is 1. The minimum Gasteiger partial charge on any atom is -0.494 e. The second-order valence-electron chi connectivity index (χ2n) is 6.66. The largest absolute Gasteiger partial charge is 0.494 e. The molecule has 0 radical (unpaired) electrons. The molecule has 1 heterocycles. The summed E-state index contributed by atoms with van der Waals surface area (Å²) in [5, 5.41) is 3.32. The Morgan fingerprint density at radius 1 is 1.21 bits per heavy atom. The van der Waals surface area contributed by atoms with Crippen LogP contribution in [0.2, 0.25) is 0 Å². The summed E-state index contributed by atoms with van der Waals surface area (Å²) >= 11 is 0. The first-order chi connectivity index (χ1) is 12.9. The van der Waals surface area contributed by atoms with Crippen LogP contribution in [-0.4, -0.2) is 82.1 Å². The molecule has 0 bridgehead atoms. The first-order valence-corrected chi connectivity index (χ1v) is 11.4. The molecular weight excluding hydrogens is 491 g/mol. The van der Waals surface area contributed by atoms with Gasteiger partial charge in [-0.2, -0.15) is 0 Å². The van der Waals surface area contributed by atoms with Gasteiger partial charge >= 0.3 is 0 Å². The van der Waals surface area contributed by atoms with E-state index in [9.17, 15) is 8.42 Å². The molecule has 1 aliphatic rings. The van der Waals surface area contributed by atoms with Gasteiger partial charge in [-0.15, -0.1) is 24.0 Å². The van der Waals surface area contributed by atoms with Crippen LogP contribution in [0.15, 0.2) is 29.3 Å². The van der Waals surface area contributed by atoms with Gasteiger partial charge in [-0.05, 0) is 31.5 Å². The molecule has 1 N–H and O–H groups in total. The Kier molecular flexibility index (Phi) is 11.1. The van der Waals surface area contributed by atoms with Crippen LogP contribution in [0.25, 0.3) is 0 Å². The van der Waals surface area contributed by atoms with Gasteiger partial charge in [0.15, 0.2) is 15.8 Å². The van der Waals surface area contributed by atoms with Gasteiger partial charge in [0.25, 0.3) is 0 Å². The monoisotopic (exact) mass is 524 g/mol. The van der Waals surface area contributed by atoms with Gasteiger partial charge in [-0.1, -0.05) is 12.1 Å². The molecule has 1 aliphatic heterocycles. The van der Waals surface area contributed by atoms with Crippen LogP contribution in [-0.2, 0) is 16.4 Å². The van der Waals surface area contributed by atoms with Gasteiger partial charge in [0.2, 0.25) is 0 Å². The second kappa shape index (κ2) is 12.5. The summed E-state index contributed by atoms with van der Waals surface area (Å²) in [5.41, 5.74) is 1.19. The van der Waals surface area contributed by atoms with Crippen LogP contribution in [0.1, 0.15) is 19.4 Å². The molecule has 7 nitrogen and oxygen atoms in total. The molecule has 160 valence electrons. The van der Waals surface area contributed by atoms with Gasteiger partial charge in [-0.3, -0.25) is 9.89 Å². The van der Waals surface area contributed by atoms with Gasteiger partial charge in [-0.25, -0.2) is 8.42 Å². The quantitative estimate of drug-likeness (QED) is 0.318. The average molecular weight is 524 g/mol. The van der Waals surface area contributed by atoms with Gasteiger partial charge in [0, 0.05) is 39.8 Å². The van der Waals surface area contributed by atoms with Crippen molar-refractivity contribution in [3.05, 3.63) is 29.8 Å². The van der Waals surface area contributed by atoms with Crippen molar-refractivity contribution < 1.29 is 13.2 Å². The van der Waals surface area contributed by atoms with Crippen molar-refractivity contribution in [2.24, 2.45) is 4.99 Å². The van der Waals surface area contributed by atoms with Crippen molar-refractivity contribution in [2.45, 2.75) is 20.4 Å².